The van der Waals surface area contributed by atoms with Gasteiger partial charge in [-0.05, 0) is 73.2 Å². The Hall–Kier alpha value is -5.12. The topological polar surface area (TPSA) is 120 Å². The van der Waals surface area contributed by atoms with Crippen molar-refractivity contribution in [3.05, 3.63) is 112 Å². The van der Waals surface area contributed by atoms with Crippen molar-refractivity contribution in [2.75, 3.05) is 5.43 Å². The number of hydrogen-bond donors (Lipinski definition) is 1. The number of anilines is 1. The number of pyridine rings is 1. The lowest BCUT2D eigenvalue weighted by atomic mass is 9.93. The Morgan fingerprint density at radius 2 is 1.90 bits per heavy atom. The van der Waals surface area contributed by atoms with E-state index < -0.39 is 4.92 Å². The van der Waals surface area contributed by atoms with Crippen molar-refractivity contribution in [3.63, 3.8) is 0 Å². The van der Waals surface area contributed by atoms with Gasteiger partial charge in [0.2, 0.25) is 0 Å². The molecule has 10 nitrogen and oxygen atoms in total. The van der Waals surface area contributed by atoms with Crippen LogP contribution in [-0.4, -0.2) is 31.1 Å². The summed E-state index contributed by atoms with van der Waals surface area (Å²) in [6, 6.07) is 22.0. The Morgan fingerprint density at radius 3 is 2.77 bits per heavy atom. The third kappa shape index (κ3) is 5.30. The Kier molecular flexibility index (Phi) is 6.65. The zero-order chi connectivity index (χ0) is 26.6. The average Bonchev–Trinajstić information content (AvgIpc) is 3.46. The van der Waals surface area contributed by atoms with Gasteiger partial charge >= 0.3 is 0 Å². The Balaban J connectivity index is 1.10. The number of nitro benzene ring substituents is 1. The quantitative estimate of drug-likeness (QED) is 0.160. The average molecular weight is 520 g/mol. The normalized spacial score (nSPS) is 12.9. The molecule has 0 fully saturated rings. The lowest BCUT2D eigenvalue weighted by molar-refractivity contribution is -0.384. The van der Waals surface area contributed by atoms with Gasteiger partial charge in [-0.15, -0.1) is 5.10 Å². The van der Waals surface area contributed by atoms with Gasteiger partial charge in [-0.2, -0.15) is 5.10 Å². The van der Waals surface area contributed by atoms with Crippen LogP contribution in [0.5, 0.6) is 5.75 Å². The Bertz CT molecular complexity index is 1680. The summed E-state index contributed by atoms with van der Waals surface area (Å²) in [6.45, 7) is 0.212. The number of nitro groups is 1. The number of benzene rings is 3. The number of aromatic nitrogens is 4. The molecule has 0 aliphatic heterocycles. The highest BCUT2D eigenvalue weighted by Gasteiger charge is 2.17. The molecule has 0 saturated heterocycles. The van der Waals surface area contributed by atoms with Gasteiger partial charge < -0.3 is 4.74 Å². The second-order valence-corrected chi connectivity index (χ2v) is 9.30. The summed E-state index contributed by atoms with van der Waals surface area (Å²) in [5, 5.41) is 24.8. The van der Waals surface area contributed by atoms with E-state index in [1.54, 1.807) is 24.5 Å². The molecule has 0 saturated carbocycles. The molecule has 3 aromatic carbocycles. The number of ether oxygens (including phenoxy) is 1. The summed E-state index contributed by atoms with van der Waals surface area (Å²) in [7, 11) is 0. The fraction of sp³-hybridized carbons (Fsp3) is 0.172. The van der Waals surface area contributed by atoms with E-state index in [9.17, 15) is 10.1 Å². The van der Waals surface area contributed by atoms with Gasteiger partial charge in [0.1, 0.15) is 18.1 Å². The largest absolute Gasteiger partial charge is 0.487 e. The molecular formula is C29H25N7O3. The molecule has 2 heterocycles. The zero-order valence-electron chi connectivity index (χ0n) is 21.0. The number of rotatable bonds is 8. The molecule has 10 heteroatoms. The molecule has 0 bridgehead atoms. The number of hydrogen-bond acceptors (Lipinski definition) is 8. The standard InChI is InChI=1S/C29H25N7O3/c37-36(38)23-7-5-6-22(16-23)35-18-21(32-34-35)19-39-24-14-12-20(13-15-24)17-30-33-29-25-8-1-3-10-27(25)31-28-11-4-2-9-26(28)29/h1,3,5-8,10,12-18H,2,4,9,11,19H2,(H,31,33)/b30-17+. The van der Waals surface area contributed by atoms with Crippen molar-refractivity contribution in [1.29, 1.82) is 0 Å². The van der Waals surface area contributed by atoms with Crippen LogP contribution in [0.15, 0.2) is 84.1 Å². The van der Waals surface area contributed by atoms with Crippen molar-refractivity contribution in [2.45, 2.75) is 32.3 Å². The number of non-ortho nitro benzene ring substituents is 1. The lowest BCUT2D eigenvalue weighted by Crippen LogP contribution is -2.09. The highest BCUT2D eigenvalue weighted by molar-refractivity contribution is 5.94. The van der Waals surface area contributed by atoms with Crippen LogP contribution in [0.25, 0.3) is 16.6 Å². The van der Waals surface area contributed by atoms with Crippen LogP contribution >= 0.6 is 0 Å². The first kappa shape index (κ1) is 24.2. The fourth-order valence-corrected chi connectivity index (χ4v) is 4.72. The molecule has 39 heavy (non-hydrogen) atoms. The second kappa shape index (κ2) is 10.7. The third-order valence-electron chi connectivity index (χ3n) is 6.67. The molecular weight excluding hydrogens is 494 g/mol. The smallest absolute Gasteiger partial charge is 0.271 e. The summed E-state index contributed by atoms with van der Waals surface area (Å²) < 4.78 is 7.34. The minimum absolute atomic E-state index is 0.00637. The van der Waals surface area contributed by atoms with Crippen molar-refractivity contribution in [1.82, 2.24) is 20.0 Å². The second-order valence-electron chi connectivity index (χ2n) is 9.30. The molecule has 0 radical (unpaired) electrons. The predicted molar refractivity (Wildman–Crippen MR) is 148 cm³/mol. The van der Waals surface area contributed by atoms with Crippen LogP contribution in [0.4, 0.5) is 11.4 Å². The number of fused-ring (bicyclic) bond motifs is 2. The summed E-state index contributed by atoms with van der Waals surface area (Å²) in [6.07, 6.45) is 7.83. The first-order valence-electron chi connectivity index (χ1n) is 12.7. The van der Waals surface area contributed by atoms with E-state index in [0.717, 1.165) is 41.4 Å². The van der Waals surface area contributed by atoms with Gasteiger partial charge in [-0.3, -0.25) is 20.5 Å². The Morgan fingerprint density at radius 1 is 1.05 bits per heavy atom. The maximum Gasteiger partial charge on any atom is 0.271 e. The first-order chi connectivity index (χ1) is 19.1. The van der Waals surface area contributed by atoms with Gasteiger partial charge in [-0.1, -0.05) is 29.5 Å². The predicted octanol–water partition coefficient (Wildman–Crippen LogP) is 5.63. The van der Waals surface area contributed by atoms with E-state index in [-0.39, 0.29) is 12.3 Å². The molecule has 0 spiro atoms. The van der Waals surface area contributed by atoms with Crippen LogP contribution in [0.2, 0.25) is 0 Å². The summed E-state index contributed by atoms with van der Waals surface area (Å²) >= 11 is 0. The van der Waals surface area contributed by atoms with Gasteiger partial charge in [0, 0.05) is 23.2 Å². The maximum atomic E-state index is 11.0. The minimum atomic E-state index is -0.441. The SMILES string of the molecule is O=[N+]([O-])c1cccc(-n2cc(COc3ccc(/C=N/Nc4c5c(nc6ccccc46)CCCC5)cc3)nn2)c1. The van der Waals surface area contributed by atoms with E-state index in [4.69, 9.17) is 9.72 Å². The van der Waals surface area contributed by atoms with Crippen LogP contribution in [-0.2, 0) is 19.4 Å². The number of nitrogens with zero attached hydrogens (tertiary/aromatic N) is 6. The van der Waals surface area contributed by atoms with Crippen LogP contribution < -0.4 is 10.2 Å². The van der Waals surface area contributed by atoms with Crippen molar-refractivity contribution >= 4 is 28.5 Å². The molecule has 5 aromatic rings. The molecule has 0 unspecified atom stereocenters. The molecule has 6 rings (SSSR count). The van der Waals surface area contributed by atoms with Crippen LogP contribution in [0.1, 0.15) is 35.4 Å². The van der Waals surface area contributed by atoms with Crippen molar-refractivity contribution in [3.8, 4) is 11.4 Å². The molecule has 2 aromatic heterocycles. The van der Waals surface area contributed by atoms with E-state index in [1.165, 1.54) is 34.5 Å². The van der Waals surface area contributed by atoms with Gasteiger partial charge in [0.25, 0.3) is 5.69 Å². The van der Waals surface area contributed by atoms with E-state index in [1.807, 2.05) is 42.5 Å². The molecule has 1 N–H and O–H groups in total. The lowest BCUT2D eigenvalue weighted by Gasteiger charge is -2.20. The first-order valence-corrected chi connectivity index (χ1v) is 12.7. The van der Waals surface area contributed by atoms with Crippen LogP contribution in [0.3, 0.4) is 0 Å². The molecule has 0 amide bonds. The maximum absolute atomic E-state index is 11.0. The number of para-hydroxylation sites is 1. The van der Waals surface area contributed by atoms with E-state index >= 15 is 0 Å². The zero-order valence-corrected chi connectivity index (χ0v) is 21.0. The van der Waals surface area contributed by atoms with E-state index in [0.29, 0.717) is 17.1 Å². The number of hydrazone groups is 1. The minimum Gasteiger partial charge on any atom is -0.487 e. The third-order valence-corrected chi connectivity index (χ3v) is 6.67. The van der Waals surface area contributed by atoms with E-state index in [2.05, 4.69) is 26.9 Å². The number of aryl methyl sites for hydroxylation is 1. The number of nitrogens with one attached hydrogen (secondary N) is 1. The van der Waals surface area contributed by atoms with Crippen LogP contribution in [0, 0.1) is 10.1 Å². The Labute approximate surface area is 224 Å². The monoisotopic (exact) mass is 519 g/mol. The van der Waals surface area contributed by atoms with Crippen molar-refractivity contribution in [2.24, 2.45) is 5.10 Å². The van der Waals surface area contributed by atoms with Gasteiger partial charge in [0.15, 0.2) is 0 Å². The van der Waals surface area contributed by atoms with Crippen molar-refractivity contribution < 1.29 is 9.66 Å². The summed E-state index contributed by atoms with van der Waals surface area (Å²) in [5.74, 6) is 0.680. The summed E-state index contributed by atoms with van der Waals surface area (Å²) in [4.78, 5) is 15.5. The fourth-order valence-electron chi connectivity index (χ4n) is 4.72. The highest BCUT2D eigenvalue weighted by atomic mass is 16.6. The highest BCUT2D eigenvalue weighted by Crippen LogP contribution is 2.33. The summed E-state index contributed by atoms with van der Waals surface area (Å²) in [5.41, 5.74) is 9.85. The van der Waals surface area contributed by atoms with Gasteiger partial charge in [-0.25, -0.2) is 4.68 Å². The molecule has 1 aliphatic carbocycles. The molecule has 194 valence electrons. The molecule has 0 atom stereocenters. The van der Waals surface area contributed by atoms with Gasteiger partial charge in [0.05, 0.1) is 34.2 Å². The molecule has 1 aliphatic rings.